The molecule has 0 atom stereocenters. The first-order valence-corrected chi connectivity index (χ1v) is 9.27. The predicted octanol–water partition coefficient (Wildman–Crippen LogP) is 2.68. The summed E-state index contributed by atoms with van der Waals surface area (Å²) >= 11 is 0. The third-order valence-corrected chi connectivity index (χ3v) is 4.57. The maximum atomic E-state index is 12.1. The zero-order valence-electron chi connectivity index (χ0n) is 16.8. The summed E-state index contributed by atoms with van der Waals surface area (Å²) in [7, 11) is 0. The summed E-state index contributed by atoms with van der Waals surface area (Å²) in [5.41, 5.74) is 4.35. The molecule has 0 saturated heterocycles. The number of hydrogen-bond acceptors (Lipinski definition) is 7. The van der Waals surface area contributed by atoms with E-state index in [2.05, 4.69) is 15.4 Å². The molecule has 0 aliphatic rings. The molecule has 30 heavy (non-hydrogen) atoms. The van der Waals surface area contributed by atoms with Crippen molar-refractivity contribution in [3.8, 4) is 0 Å². The van der Waals surface area contributed by atoms with Gasteiger partial charge >= 0.3 is 5.97 Å². The van der Waals surface area contributed by atoms with Gasteiger partial charge < -0.3 is 10.1 Å². The lowest BCUT2D eigenvalue weighted by molar-refractivity contribution is -0.384. The summed E-state index contributed by atoms with van der Waals surface area (Å²) in [6.45, 7) is 5.21. The maximum absolute atomic E-state index is 12.1. The Kier molecular flexibility index (Phi) is 6.05. The van der Waals surface area contributed by atoms with Crippen LogP contribution in [0.3, 0.4) is 0 Å². The Balaban J connectivity index is 1.54. The lowest BCUT2D eigenvalue weighted by Crippen LogP contribution is -2.21. The summed E-state index contributed by atoms with van der Waals surface area (Å²) in [4.78, 5) is 38.8. The number of nitrogens with one attached hydrogen (secondary N) is 1. The molecule has 0 aliphatic heterocycles. The van der Waals surface area contributed by atoms with Crippen molar-refractivity contribution >= 4 is 28.9 Å². The number of benzene rings is 1. The van der Waals surface area contributed by atoms with E-state index in [0.717, 1.165) is 28.3 Å². The van der Waals surface area contributed by atoms with Gasteiger partial charge in [-0.3, -0.25) is 19.7 Å². The molecular formula is C20H21N5O5. The highest BCUT2D eigenvalue weighted by atomic mass is 16.6. The second kappa shape index (κ2) is 8.68. The van der Waals surface area contributed by atoms with E-state index >= 15 is 0 Å². The smallest absolute Gasteiger partial charge is 0.306 e. The van der Waals surface area contributed by atoms with Crippen molar-refractivity contribution in [2.75, 3.05) is 11.9 Å². The Morgan fingerprint density at radius 3 is 2.73 bits per heavy atom. The van der Waals surface area contributed by atoms with E-state index in [1.165, 1.54) is 24.3 Å². The van der Waals surface area contributed by atoms with Crippen LogP contribution in [-0.4, -0.2) is 38.0 Å². The van der Waals surface area contributed by atoms with E-state index in [4.69, 9.17) is 4.74 Å². The Bertz CT molecular complexity index is 1140. The zero-order chi connectivity index (χ0) is 21.8. The largest absolute Gasteiger partial charge is 0.456 e. The molecule has 10 heteroatoms. The highest BCUT2D eigenvalue weighted by molar-refractivity contribution is 5.93. The van der Waals surface area contributed by atoms with Crippen LogP contribution in [-0.2, 0) is 20.7 Å². The number of ether oxygens (including phenoxy) is 1. The minimum Gasteiger partial charge on any atom is -0.456 e. The summed E-state index contributed by atoms with van der Waals surface area (Å²) in [5, 5.41) is 17.6. The number of nitro groups is 1. The van der Waals surface area contributed by atoms with Crippen molar-refractivity contribution in [3.05, 3.63) is 63.1 Å². The van der Waals surface area contributed by atoms with Gasteiger partial charge in [0.15, 0.2) is 12.3 Å². The molecule has 10 nitrogen and oxygen atoms in total. The fourth-order valence-electron chi connectivity index (χ4n) is 3.14. The summed E-state index contributed by atoms with van der Waals surface area (Å²) < 4.78 is 6.76. The fourth-order valence-corrected chi connectivity index (χ4v) is 3.14. The number of nitrogens with zero attached hydrogens (tertiary/aromatic N) is 4. The van der Waals surface area contributed by atoms with Crippen LogP contribution < -0.4 is 5.32 Å². The number of rotatable bonds is 7. The van der Waals surface area contributed by atoms with Crippen molar-refractivity contribution < 1.29 is 19.2 Å². The number of anilines is 1. The van der Waals surface area contributed by atoms with Crippen molar-refractivity contribution in [2.24, 2.45) is 0 Å². The summed E-state index contributed by atoms with van der Waals surface area (Å²) in [6.07, 6.45) is 0.490. The predicted molar refractivity (Wildman–Crippen MR) is 108 cm³/mol. The number of carbonyl (C=O) groups excluding carboxylic acids is 2. The van der Waals surface area contributed by atoms with Crippen molar-refractivity contribution in [3.63, 3.8) is 0 Å². The summed E-state index contributed by atoms with van der Waals surface area (Å²) in [5.74, 6) is -1.11. The van der Waals surface area contributed by atoms with Gasteiger partial charge in [-0.15, -0.1) is 0 Å². The molecule has 0 spiro atoms. The number of carbonyl (C=O) groups is 2. The first kappa shape index (κ1) is 20.9. The van der Waals surface area contributed by atoms with Gasteiger partial charge in [-0.05, 0) is 38.8 Å². The number of esters is 1. The molecule has 0 fully saturated rings. The lowest BCUT2D eigenvalue weighted by Gasteiger charge is -2.11. The van der Waals surface area contributed by atoms with Crippen LogP contribution in [0.1, 0.15) is 29.1 Å². The third-order valence-electron chi connectivity index (χ3n) is 4.57. The lowest BCUT2D eigenvalue weighted by atomic mass is 10.1. The quantitative estimate of drug-likeness (QED) is 0.359. The molecule has 0 radical (unpaired) electrons. The van der Waals surface area contributed by atoms with Gasteiger partial charge in [-0.1, -0.05) is 6.07 Å². The Morgan fingerprint density at radius 2 is 2.00 bits per heavy atom. The van der Waals surface area contributed by atoms with E-state index in [9.17, 15) is 19.7 Å². The number of amides is 1. The van der Waals surface area contributed by atoms with Gasteiger partial charge in [0, 0.05) is 41.7 Å². The van der Waals surface area contributed by atoms with E-state index < -0.39 is 23.4 Å². The van der Waals surface area contributed by atoms with Crippen LogP contribution in [0.2, 0.25) is 0 Å². The number of aryl methyl sites for hydroxylation is 3. The zero-order valence-corrected chi connectivity index (χ0v) is 16.8. The number of nitro benzene ring substituents is 1. The molecular weight excluding hydrogens is 390 g/mol. The fraction of sp³-hybridized carbons (Fsp3) is 0.300. The monoisotopic (exact) mass is 411 g/mol. The topological polar surface area (TPSA) is 129 Å². The molecule has 1 N–H and O–H groups in total. The van der Waals surface area contributed by atoms with Gasteiger partial charge in [0.1, 0.15) is 0 Å². The molecule has 156 valence electrons. The molecule has 3 aromatic rings. The summed E-state index contributed by atoms with van der Waals surface area (Å²) in [6, 6.07) is 7.40. The first-order valence-electron chi connectivity index (χ1n) is 9.27. The highest BCUT2D eigenvalue weighted by Gasteiger charge is 2.15. The average Bonchev–Trinajstić information content (AvgIpc) is 3.06. The number of aromatic nitrogens is 3. The van der Waals surface area contributed by atoms with Gasteiger partial charge in [-0.25, -0.2) is 9.50 Å². The van der Waals surface area contributed by atoms with Crippen LogP contribution in [0.15, 0.2) is 30.3 Å². The standard InChI is InChI=1S/C20H21N5O5/c1-12-9-18-21-13(2)17(14(3)24(18)23-12)7-8-20(27)30-11-19(26)22-15-5-4-6-16(10-15)25(28)29/h4-6,9-10H,7-8,11H2,1-3H3,(H,22,26). The highest BCUT2D eigenvalue weighted by Crippen LogP contribution is 2.18. The SMILES string of the molecule is Cc1cc2nc(C)c(CCC(=O)OCC(=O)Nc3cccc([N+](=O)[O-])c3)c(C)n2n1. The minimum absolute atomic E-state index is 0.0825. The molecule has 0 aliphatic carbocycles. The minimum atomic E-state index is -0.577. The maximum Gasteiger partial charge on any atom is 0.306 e. The van der Waals surface area contributed by atoms with Crippen molar-refractivity contribution in [1.82, 2.24) is 14.6 Å². The Morgan fingerprint density at radius 1 is 1.23 bits per heavy atom. The Labute approximate surface area is 172 Å². The Hall–Kier alpha value is -3.82. The van der Waals surface area contributed by atoms with E-state index in [-0.39, 0.29) is 17.8 Å². The van der Waals surface area contributed by atoms with Crippen LogP contribution in [0.25, 0.3) is 5.65 Å². The number of non-ortho nitro benzene ring substituents is 1. The molecule has 2 heterocycles. The van der Waals surface area contributed by atoms with Gasteiger partial charge in [0.25, 0.3) is 11.6 Å². The normalized spacial score (nSPS) is 10.8. The van der Waals surface area contributed by atoms with E-state index in [0.29, 0.717) is 6.42 Å². The third kappa shape index (κ3) is 4.77. The van der Waals surface area contributed by atoms with E-state index in [1.807, 2.05) is 26.8 Å². The molecule has 0 bridgehead atoms. The average molecular weight is 411 g/mol. The van der Waals surface area contributed by atoms with Crippen molar-refractivity contribution in [1.29, 1.82) is 0 Å². The van der Waals surface area contributed by atoms with Gasteiger partial charge in [0.2, 0.25) is 0 Å². The number of fused-ring (bicyclic) bond motifs is 1. The molecule has 0 saturated carbocycles. The van der Waals surface area contributed by atoms with Gasteiger partial charge in [-0.2, -0.15) is 5.10 Å². The molecule has 1 amide bonds. The molecule has 0 unspecified atom stereocenters. The molecule has 2 aromatic heterocycles. The van der Waals surface area contributed by atoms with Gasteiger partial charge in [0.05, 0.1) is 10.6 Å². The van der Waals surface area contributed by atoms with Crippen molar-refractivity contribution in [2.45, 2.75) is 33.6 Å². The first-order chi connectivity index (χ1) is 14.2. The molecule has 3 rings (SSSR count). The van der Waals surface area contributed by atoms with E-state index in [1.54, 1.807) is 4.52 Å². The van der Waals surface area contributed by atoms with Crippen LogP contribution in [0.5, 0.6) is 0 Å². The van der Waals surface area contributed by atoms with Crippen LogP contribution >= 0.6 is 0 Å². The number of hydrogen-bond donors (Lipinski definition) is 1. The second-order valence-corrected chi connectivity index (χ2v) is 6.83. The second-order valence-electron chi connectivity index (χ2n) is 6.83. The molecule has 1 aromatic carbocycles. The van der Waals surface area contributed by atoms with Crippen LogP contribution in [0, 0.1) is 30.9 Å². The van der Waals surface area contributed by atoms with Crippen LogP contribution in [0.4, 0.5) is 11.4 Å².